The Balaban J connectivity index is 3.87. The maximum atomic E-state index is 12.6. The van der Waals surface area contributed by atoms with Gasteiger partial charge in [-0.3, -0.25) is 18.6 Å². The lowest BCUT2D eigenvalue weighted by molar-refractivity contribution is -0.161. The second kappa shape index (κ2) is 51.9. The van der Waals surface area contributed by atoms with E-state index >= 15 is 0 Å². The Morgan fingerprint density at radius 3 is 1.20 bits per heavy atom. The van der Waals surface area contributed by atoms with Gasteiger partial charge in [-0.15, -0.1) is 0 Å². The van der Waals surface area contributed by atoms with Gasteiger partial charge in [0.2, 0.25) is 0 Å². The molecule has 0 aromatic heterocycles. The molecule has 9 nitrogen and oxygen atoms in total. The lowest BCUT2D eigenvalue weighted by atomic mass is 10.0. The third-order valence-corrected chi connectivity index (χ3v) is 13.3. The Hall–Kier alpha value is -1.51. The first-order chi connectivity index (χ1) is 31.8. The molecule has 0 aliphatic carbocycles. The second-order valence-electron chi connectivity index (χ2n) is 18.8. The molecule has 0 spiro atoms. The molecule has 0 aromatic carbocycles. The van der Waals surface area contributed by atoms with Gasteiger partial charge in [0.05, 0.1) is 13.2 Å². The highest BCUT2D eigenvalue weighted by atomic mass is 31.2. The van der Waals surface area contributed by atoms with Crippen molar-refractivity contribution in [2.24, 2.45) is 5.73 Å². The Morgan fingerprint density at radius 2 is 0.800 bits per heavy atom. The summed E-state index contributed by atoms with van der Waals surface area (Å²) in [5, 5.41) is 0. The van der Waals surface area contributed by atoms with Crippen molar-refractivity contribution in [2.45, 2.75) is 290 Å². The Morgan fingerprint density at radius 1 is 0.462 bits per heavy atom. The lowest BCUT2D eigenvalue weighted by Crippen LogP contribution is -2.29. The highest BCUT2D eigenvalue weighted by molar-refractivity contribution is 7.47. The molecular formula is C55H106NO8P. The number of esters is 2. The highest BCUT2D eigenvalue weighted by Gasteiger charge is 2.26. The van der Waals surface area contributed by atoms with Crippen LogP contribution in [-0.4, -0.2) is 49.3 Å². The number of carbonyl (C=O) groups is 2. The molecule has 0 radical (unpaired) electrons. The van der Waals surface area contributed by atoms with Gasteiger partial charge in [0.1, 0.15) is 6.61 Å². The molecule has 384 valence electrons. The summed E-state index contributed by atoms with van der Waals surface area (Å²) in [6, 6.07) is 0. The molecule has 0 aromatic rings. The van der Waals surface area contributed by atoms with E-state index in [1.165, 1.54) is 193 Å². The third-order valence-electron chi connectivity index (χ3n) is 12.3. The SMILES string of the molecule is CCCCC/C=C\C/C=C\CCCCCCCC(=O)OC(COC(=O)CCCCCCCCCCCCCCCCCCCCCCCCCCCCCCC)COP(=O)(O)OCCN. The topological polar surface area (TPSA) is 134 Å². The van der Waals surface area contributed by atoms with E-state index in [-0.39, 0.29) is 38.6 Å². The van der Waals surface area contributed by atoms with E-state index in [2.05, 4.69) is 38.2 Å². The third kappa shape index (κ3) is 51.7. The molecule has 0 saturated heterocycles. The van der Waals surface area contributed by atoms with Crippen LogP contribution in [0.15, 0.2) is 24.3 Å². The molecule has 65 heavy (non-hydrogen) atoms. The Labute approximate surface area is 402 Å². The van der Waals surface area contributed by atoms with Gasteiger partial charge in [-0.25, -0.2) is 4.57 Å². The zero-order valence-electron chi connectivity index (χ0n) is 42.7. The van der Waals surface area contributed by atoms with Gasteiger partial charge in [0, 0.05) is 19.4 Å². The smallest absolute Gasteiger partial charge is 0.462 e. The monoisotopic (exact) mass is 940 g/mol. The fourth-order valence-corrected chi connectivity index (χ4v) is 8.96. The van der Waals surface area contributed by atoms with Crippen LogP contribution < -0.4 is 5.73 Å². The predicted octanol–water partition coefficient (Wildman–Crippen LogP) is 17.1. The fraction of sp³-hybridized carbons (Fsp3) is 0.891. The van der Waals surface area contributed by atoms with Gasteiger partial charge in [-0.1, -0.05) is 250 Å². The molecule has 3 N–H and O–H groups in total. The first kappa shape index (κ1) is 63.5. The van der Waals surface area contributed by atoms with Crippen molar-refractivity contribution in [1.82, 2.24) is 0 Å². The van der Waals surface area contributed by atoms with E-state index in [0.29, 0.717) is 6.42 Å². The van der Waals surface area contributed by atoms with Crippen molar-refractivity contribution < 1.29 is 37.6 Å². The zero-order chi connectivity index (χ0) is 47.4. The normalized spacial score (nSPS) is 13.2. The molecule has 0 fully saturated rings. The number of carbonyl (C=O) groups excluding carboxylic acids is 2. The van der Waals surface area contributed by atoms with Crippen LogP contribution in [0.2, 0.25) is 0 Å². The Bertz CT molecular complexity index is 1120. The number of unbranched alkanes of at least 4 members (excludes halogenated alkanes) is 36. The first-order valence-corrected chi connectivity index (χ1v) is 29.3. The summed E-state index contributed by atoms with van der Waals surface area (Å²) in [7, 11) is -4.38. The standard InChI is InChI=1S/C55H106NO8P/c1-3-5-7-9-11-13-15-17-19-20-21-22-23-24-25-26-27-28-29-30-31-32-34-35-37-39-41-43-45-47-54(57)61-51-53(52-63-65(59,60)62-50-49-56)64-55(58)48-46-44-42-40-38-36-33-18-16-14-12-10-8-6-4-2/h12,14,18,33,53H,3-11,13,15-17,19-32,34-52,56H2,1-2H3,(H,59,60)/b14-12-,33-18-. The zero-order valence-corrected chi connectivity index (χ0v) is 43.6. The van der Waals surface area contributed by atoms with Crippen molar-refractivity contribution in [3.8, 4) is 0 Å². The number of phosphoric acid groups is 1. The molecule has 0 rings (SSSR count). The van der Waals surface area contributed by atoms with Crippen LogP contribution in [-0.2, 0) is 32.7 Å². The highest BCUT2D eigenvalue weighted by Crippen LogP contribution is 2.43. The van der Waals surface area contributed by atoms with E-state index in [0.717, 1.165) is 57.8 Å². The number of phosphoric ester groups is 1. The molecule has 10 heteroatoms. The van der Waals surface area contributed by atoms with E-state index < -0.39 is 26.5 Å². The molecule has 0 amide bonds. The maximum Gasteiger partial charge on any atom is 0.472 e. The summed E-state index contributed by atoms with van der Waals surface area (Å²) < 4.78 is 32.9. The maximum absolute atomic E-state index is 12.6. The van der Waals surface area contributed by atoms with Crippen molar-refractivity contribution in [1.29, 1.82) is 0 Å². The summed E-state index contributed by atoms with van der Waals surface area (Å²) in [5.74, 6) is -0.830. The molecule has 0 heterocycles. The average Bonchev–Trinajstić information content (AvgIpc) is 3.30. The lowest BCUT2D eigenvalue weighted by Gasteiger charge is -2.19. The van der Waals surface area contributed by atoms with Gasteiger partial charge in [-0.05, 0) is 44.9 Å². The summed E-state index contributed by atoms with van der Waals surface area (Å²) in [6.07, 6.45) is 59.6. The number of allylic oxidation sites excluding steroid dienone is 4. The molecule has 2 unspecified atom stereocenters. The summed E-state index contributed by atoms with van der Waals surface area (Å²) in [6.45, 7) is 3.74. The summed E-state index contributed by atoms with van der Waals surface area (Å²) in [5.41, 5.74) is 5.37. The van der Waals surface area contributed by atoms with Crippen molar-refractivity contribution in [3.63, 3.8) is 0 Å². The molecule has 0 aliphatic heterocycles. The van der Waals surface area contributed by atoms with Crippen LogP contribution >= 0.6 is 7.82 Å². The number of hydrogen-bond donors (Lipinski definition) is 2. The Kier molecular flexibility index (Phi) is 50.7. The van der Waals surface area contributed by atoms with E-state index in [1.807, 2.05) is 0 Å². The van der Waals surface area contributed by atoms with E-state index in [4.69, 9.17) is 24.3 Å². The van der Waals surface area contributed by atoms with Crippen molar-refractivity contribution >= 4 is 19.8 Å². The number of hydrogen-bond acceptors (Lipinski definition) is 8. The largest absolute Gasteiger partial charge is 0.472 e. The molecule has 0 bridgehead atoms. The van der Waals surface area contributed by atoms with E-state index in [1.54, 1.807) is 0 Å². The molecule has 2 atom stereocenters. The van der Waals surface area contributed by atoms with Crippen LogP contribution in [0.4, 0.5) is 0 Å². The van der Waals surface area contributed by atoms with Gasteiger partial charge in [0.25, 0.3) is 0 Å². The van der Waals surface area contributed by atoms with Crippen LogP contribution in [0.5, 0.6) is 0 Å². The fourth-order valence-electron chi connectivity index (χ4n) is 8.20. The van der Waals surface area contributed by atoms with Gasteiger partial charge in [0.15, 0.2) is 6.10 Å². The summed E-state index contributed by atoms with van der Waals surface area (Å²) in [4.78, 5) is 35.1. The number of nitrogens with two attached hydrogens (primary N) is 1. The van der Waals surface area contributed by atoms with Crippen LogP contribution in [0.3, 0.4) is 0 Å². The minimum absolute atomic E-state index is 0.0528. The van der Waals surface area contributed by atoms with Gasteiger partial charge in [-0.2, -0.15) is 0 Å². The molecular weight excluding hydrogens is 834 g/mol. The second-order valence-corrected chi connectivity index (χ2v) is 20.3. The van der Waals surface area contributed by atoms with E-state index in [9.17, 15) is 19.0 Å². The van der Waals surface area contributed by atoms with Crippen molar-refractivity contribution in [2.75, 3.05) is 26.4 Å². The number of ether oxygens (including phenoxy) is 2. The minimum atomic E-state index is -4.38. The molecule has 0 aliphatic rings. The van der Waals surface area contributed by atoms with Gasteiger partial charge < -0.3 is 20.1 Å². The van der Waals surface area contributed by atoms with Crippen LogP contribution in [0.25, 0.3) is 0 Å². The minimum Gasteiger partial charge on any atom is -0.462 e. The number of rotatable bonds is 53. The molecule has 0 saturated carbocycles. The first-order valence-electron chi connectivity index (χ1n) is 27.8. The predicted molar refractivity (Wildman–Crippen MR) is 275 cm³/mol. The van der Waals surface area contributed by atoms with Crippen molar-refractivity contribution in [3.05, 3.63) is 24.3 Å². The average molecular weight is 940 g/mol. The van der Waals surface area contributed by atoms with Crippen LogP contribution in [0, 0.1) is 0 Å². The summed E-state index contributed by atoms with van der Waals surface area (Å²) >= 11 is 0. The quantitative estimate of drug-likeness (QED) is 0.0264. The van der Waals surface area contributed by atoms with Crippen LogP contribution in [0.1, 0.15) is 284 Å². The van der Waals surface area contributed by atoms with Gasteiger partial charge >= 0.3 is 19.8 Å².